The molecule has 49 heavy (non-hydrogen) atoms. The summed E-state index contributed by atoms with van der Waals surface area (Å²) in [5.74, 6) is 0. The molecule has 2 atom stereocenters. The van der Waals surface area contributed by atoms with Crippen LogP contribution in [0.5, 0.6) is 0 Å². The molecule has 0 saturated carbocycles. The molecule has 0 radical (unpaired) electrons. The van der Waals surface area contributed by atoms with Crippen molar-refractivity contribution in [2.45, 2.75) is 12.2 Å². The summed E-state index contributed by atoms with van der Waals surface area (Å²) < 4.78 is 7.35. The Balaban J connectivity index is 1.16. The second kappa shape index (κ2) is 9.12. The summed E-state index contributed by atoms with van der Waals surface area (Å²) in [6, 6.07) is 55.4. The smallest absolute Gasteiger partial charge is 0.0580 e. The zero-order chi connectivity index (χ0) is 31.8. The first kappa shape index (κ1) is 25.6. The lowest BCUT2D eigenvalue weighted by molar-refractivity contribution is 0.566. The molecule has 0 spiro atoms. The van der Waals surface area contributed by atoms with E-state index < -0.39 is 0 Å². The fourth-order valence-corrected chi connectivity index (χ4v) is 8.96. The Morgan fingerprint density at radius 3 is 1.96 bits per heavy atom. The van der Waals surface area contributed by atoms with Crippen LogP contribution in [0.3, 0.4) is 0 Å². The van der Waals surface area contributed by atoms with Crippen molar-refractivity contribution in [1.82, 2.24) is 13.7 Å². The maximum atomic E-state index is 5.36. The van der Waals surface area contributed by atoms with Crippen LogP contribution in [0, 0.1) is 0 Å². The first-order valence-corrected chi connectivity index (χ1v) is 17.0. The van der Waals surface area contributed by atoms with Crippen LogP contribution in [-0.4, -0.2) is 13.7 Å². The van der Waals surface area contributed by atoms with Gasteiger partial charge in [0.1, 0.15) is 0 Å². The van der Waals surface area contributed by atoms with Crippen molar-refractivity contribution in [1.29, 1.82) is 0 Å². The summed E-state index contributed by atoms with van der Waals surface area (Å²) in [6.45, 7) is 0. The SMILES string of the molecule is c1ccc(-n2c3ccccc3c3ccc(-n4c5ccccc5c5cc6c7cccc8c7n(c6cc54)C4[N-]c5ccccc5NC84)cc32)cc1. The number of hydrogen-bond donors (Lipinski definition) is 1. The van der Waals surface area contributed by atoms with Gasteiger partial charge in [-0.15, -0.1) is 5.69 Å². The Morgan fingerprint density at radius 2 is 1.10 bits per heavy atom. The second-order valence-electron chi connectivity index (χ2n) is 13.4. The highest BCUT2D eigenvalue weighted by molar-refractivity contribution is 6.20. The molecule has 0 saturated heterocycles. The van der Waals surface area contributed by atoms with Crippen molar-refractivity contribution in [2.24, 2.45) is 0 Å². The van der Waals surface area contributed by atoms with Gasteiger partial charge in [0.2, 0.25) is 0 Å². The minimum atomic E-state index is -0.0551. The third-order valence-corrected chi connectivity index (χ3v) is 11.0. The van der Waals surface area contributed by atoms with E-state index in [1.807, 2.05) is 0 Å². The highest BCUT2D eigenvalue weighted by Crippen LogP contribution is 2.56. The Labute approximate surface area is 281 Å². The number of aromatic nitrogens is 3. The summed E-state index contributed by atoms with van der Waals surface area (Å²) in [7, 11) is 0. The molecule has 5 nitrogen and oxygen atoms in total. The van der Waals surface area contributed by atoms with Crippen LogP contribution in [0.25, 0.3) is 82.1 Å². The summed E-state index contributed by atoms with van der Waals surface area (Å²) in [5.41, 5.74) is 13.1. The maximum absolute atomic E-state index is 5.36. The van der Waals surface area contributed by atoms with Crippen molar-refractivity contribution < 1.29 is 0 Å². The van der Waals surface area contributed by atoms with E-state index in [-0.39, 0.29) is 12.2 Å². The normalized spacial score (nSPS) is 16.5. The summed E-state index contributed by atoms with van der Waals surface area (Å²) >= 11 is 0. The summed E-state index contributed by atoms with van der Waals surface area (Å²) in [6.07, 6.45) is -0.0551. The monoisotopic (exact) mass is 626 g/mol. The predicted octanol–water partition coefficient (Wildman–Crippen LogP) is 11.7. The van der Waals surface area contributed by atoms with Gasteiger partial charge in [-0.3, -0.25) is 0 Å². The molecule has 3 aromatic heterocycles. The lowest BCUT2D eigenvalue weighted by Crippen LogP contribution is -2.21. The first-order valence-electron chi connectivity index (χ1n) is 17.0. The minimum absolute atomic E-state index is 0.0551. The molecule has 5 heteroatoms. The van der Waals surface area contributed by atoms with E-state index >= 15 is 0 Å². The van der Waals surface area contributed by atoms with Gasteiger partial charge in [-0.05, 0) is 66.3 Å². The Bertz CT molecular complexity index is 3010. The van der Waals surface area contributed by atoms with E-state index in [1.54, 1.807) is 0 Å². The van der Waals surface area contributed by atoms with Crippen LogP contribution in [0.2, 0.25) is 0 Å². The number of benzene rings is 7. The summed E-state index contributed by atoms with van der Waals surface area (Å²) in [5, 5.41) is 16.8. The van der Waals surface area contributed by atoms with Crippen molar-refractivity contribution in [3.8, 4) is 11.4 Å². The Hall–Kier alpha value is -6.46. The number of para-hydroxylation sites is 6. The third kappa shape index (κ3) is 3.24. The average molecular weight is 627 g/mol. The standard InChI is InChI=1S/C44H28N5/c1-2-11-26(12-3-1)47-37-19-8-4-13-28(37)30-22-21-27(23-39(30)47)48-38-20-9-5-14-29(38)33-24-34-31-15-10-16-32-42-44(46-36-18-7-6-17-35(36)45-42)49(43(31)32)41(34)25-40(33)48/h1-25,42,44-45H/q-1. The average Bonchev–Trinajstić information content (AvgIpc) is 3.87. The fourth-order valence-electron chi connectivity index (χ4n) is 8.96. The number of fused-ring (bicyclic) bond motifs is 13. The van der Waals surface area contributed by atoms with Crippen LogP contribution >= 0.6 is 0 Å². The van der Waals surface area contributed by atoms with Crippen LogP contribution in [0.1, 0.15) is 17.8 Å². The van der Waals surface area contributed by atoms with Crippen molar-refractivity contribution >= 4 is 76.8 Å². The van der Waals surface area contributed by atoms with Gasteiger partial charge in [0.05, 0.1) is 39.1 Å². The molecule has 0 fully saturated rings. The lowest BCUT2D eigenvalue weighted by Gasteiger charge is -2.44. The van der Waals surface area contributed by atoms with E-state index in [0.29, 0.717) is 0 Å². The fraction of sp³-hybridized carbons (Fsp3) is 0.0455. The van der Waals surface area contributed by atoms with Crippen LogP contribution in [-0.2, 0) is 0 Å². The zero-order valence-electron chi connectivity index (χ0n) is 26.4. The second-order valence-corrected chi connectivity index (χ2v) is 13.4. The minimum Gasteiger partial charge on any atom is -0.661 e. The van der Waals surface area contributed by atoms with Gasteiger partial charge in [-0.2, -0.15) is 0 Å². The third-order valence-electron chi connectivity index (χ3n) is 11.0. The Kier molecular flexibility index (Phi) is 4.76. The van der Waals surface area contributed by atoms with Crippen LogP contribution in [0.15, 0.2) is 152 Å². The number of nitrogens with one attached hydrogen (secondary N) is 1. The number of rotatable bonds is 2. The maximum Gasteiger partial charge on any atom is 0.0580 e. The van der Waals surface area contributed by atoms with Crippen molar-refractivity contribution in [3.63, 3.8) is 0 Å². The quantitative estimate of drug-likeness (QED) is 0.204. The molecule has 1 N–H and O–H groups in total. The largest absolute Gasteiger partial charge is 0.661 e. The van der Waals surface area contributed by atoms with E-state index in [2.05, 4.69) is 171 Å². The lowest BCUT2D eigenvalue weighted by atomic mass is 10.00. The van der Waals surface area contributed by atoms with Gasteiger partial charge in [0.15, 0.2) is 0 Å². The zero-order valence-corrected chi connectivity index (χ0v) is 26.4. The van der Waals surface area contributed by atoms with Crippen molar-refractivity contribution in [2.75, 3.05) is 5.32 Å². The van der Waals surface area contributed by atoms with Crippen LogP contribution < -0.4 is 5.32 Å². The van der Waals surface area contributed by atoms with E-state index in [0.717, 1.165) is 22.7 Å². The molecule has 2 unspecified atom stereocenters. The topological polar surface area (TPSA) is 40.9 Å². The van der Waals surface area contributed by atoms with Gasteiger partial charge in [-0.1, -0.05) is 97.1 Å². The van der Waals surface area contributed by atoms with Crippen molar-refractivity contribution in [3.05, 3.63) is 163 Å². The molecule has 5 heterocycles. The molecule has 10 aromatic rings. The molecule has 2 aliphatic rings. The number of nitrogens with zero attached hydrogens (tertiary/aromatic N) is 4. The Morgan fingerprint density at radius 1 is 0.449 bits per heavy atom. The molecular weight excluding hydrogens is 599 g/mol. The number of hydrogen-bond acceptors (Lipinski definition) is 1. The number of anilines is 1. The van der Waals surface area contributed by atoms with Gasteiger partial charge in [0.25, 0.3) is 0 Å². The van der Waals surface area contributed by atoms with E-state index in [4.69, 9.17) is 5.32 Å². The molecule has 12 rings (SSSR count). The molecule has 0 bridgehead atoms. The predicted molar refractivity (Wildman–Crippen MR) is 203 cm³/mol. The van der Waals surface area contributed by atoms with Gasteiger partial charge in [-0.25, -0.2) is 0 Å². The molecule has 230 valence electrons. The molecule has 0 aliphatic carbocycles. The first-order chi connectivity index (χ1) is 24.3. The van der Waals surface area contributed by atoms with E-state index in [9.17, 15) is 0 Å². The van der Waals surface area contributed by atoms with Gasteiger partial charge >= 0.3 is 0 Å². The molecule has 2 aliphatic heterocycles. The van der Waals surface area contributed by atoms with Crippen LogP contribution in [0.4, 0.5) is 11.4 Å². The van der Waals surface area contributed by atoms with E-state index in [1.165, 1.54) is 71.0 Å². The summed E-state index contributed by atoms with van der Waals surface area (Å²) in [4.78, 5) is 0. The van der Waals surface area contributed by atoms with Gasteiger partial charge < -0.3 is 24.3 Å². The molecular formula is C44H28N5-. The molecule has 0 amide bonds. The highest BCUT2D eigenvalue weighted by Gasteiger charge is 2.34. The highest BCUT2D eigenvalue weighted by atomic mass is 15.3. The molecule has 7 aromatic carbocycles. The van der Waals surface area contributed by atoms with Gasteiger partial charge in [0, 0.05) is 49.4 Å².